The van der Waals surface area contributed by atoms with Crippen LogP contribution in [0.2, 0.25) is 0 Å². The van der Waals surface area contributed by atoms with Crippen LogP contribution in [0.3, 0.4) is 0 Å². The lowest BCUT2D eigenvalue weighted by atomic mass is 9.82. The summed E-state index contributed by atoms with van der Waals surface area (Å²) in [6.07, 6.45) is 3.89. The molecular weight excluding hydrogens is 164 g/mol. The van der Waals surface area contributed by atoms with E-state index in [4.69, 9.17) is 5.73 Å². The molecule has 1 aliphatic carbocycles. The fourth-order valence-corrected chi connectivity index (χ4v) is 1.86. The van der Waals surface area contributed by atoms with Crippen molar-refractivity contribution in [2.45, 2.75) is 45.2 Å². The van der Waals surface area contributed by atoms with E-state index in [0.29, 0.717) is 12.5 Å². The molecule has 0 bridgehead atoms. The molecule has 4 nitrogen and oxygen atoms in total. The van der Waals surface area contributed by atoms with Gasteiger partial charge in [-0.2, -0.15) is 0 Å². The third kappa shape index (κ3) is 1.35. The zero-order valence-electron chi connectivity index (χ0n) is 8.03. The topological polar surface area (TPSA) is 56.7 Å². The number of nitrogens with two attached hydrogens (primary N) is 1. The monoisotopic (exact) mass is 180 g/mol. The quantitative estimate of drug-likeness (QED) is 0.755. The average Bonchev–Trinajstić information content (AvgIpc) is 2.45. The van der Waals surface area contributed by atoms with E-state index in [1.54, 1.807) is 0 Å². The van der Waals surface area contributed by atoms with Crippen LogP contribution in [-0.4, -0.2) is 15.0 Å². The van der Waals surface area contributed by atoms with Gasteiger partial charge in [0, 0.05) is 19.0 Å². The normalized spacial score (nSPS) is 17.4. The molecule has 2 rings (SSSR count). The van der Waals surface area contributed by atoms with Gasteiger partial charge < -0.3 is 5.73 Å². The van der Waals surface area contributed by atoms with Crippen molar-refractivity contribution in [3.63, 3.8) is 0 Å². The van der Waals surface area contributed by atoms with Gasteiger partial charge >= 0.3 is 0 Å². The summed E-state index contributed by atoms with van der Waals surface area (Å²) < 4.78 is 1.99. The lowest BCUT2D eigenvalue weighted by molar-refractivity contribution is 0.388. The molecule has 0 saturated heterocycles. The van der Waals surface area contributed by atoms with Crippen LogP contribution in [-0.2, 0) is 13.1 Å². The summed E-state index contributed by atoms with van der Waals surface area (Å²) in [6, 6.07) is 0. The maximum atomic E-state index is 5.62. The molecule has 0 amide bonds. The summed E-state index contributed by atoms with van der Waals surface area (Å²) in [5.41, 5.74) is 7.90. The first kappa shape index (κ1) is 8.69. The molecule has 1 aromatic rings. The summed E-state index contributed by atoms with van der Waals surface area (Å²) in [7, 11) is 0. The Morgan fingerprint density at radius 1 is 1.54 bits per heavy atom. The molecule has 0 spiro atoms. The highest BCUT2D eigenvalue weighted by molar-refractivity contribution is 5.17. The second-order valence-electron chi connectivity index (χ2n) is 3.57. The lowest BCUT2D eigenvalue weighted by Gasteiger charge is -2.26. The van der Waals surface area contributed by atoms with Gasteiger partial charge in [-0.15, -0.1) is 5.10 Å². The van der Waals surface area contributed by atoms with Crippen LogP contribution in [0.5, 0.6) is 0 Å². The minimum Gasteiger partial charge on any atom is -0.325 e. The van der Waals surface area contributed by atoms with Gasteiger partial charge in [-0.25, -0.2) is 4.68 Å². The van der Waals surface area contributed by atoms with Gasteiger partial charge in [-0.1, -0.05) is 11.6 Å². The molecule has 2 N–H and O–H groups in total. The Morgan fingerprint density at radius 3 is 2.77 bits per heavy atom. The second-order valence-corrected chi connectivity index (χ2v) is 3.57. The molecule has 0 atom stereocenters. The maximum Gasteiger partial charge on any atom is 0.0997 e. The highest BCUT2D eigenvalue weighted by Crippen LogP contribution is 2.37. The van der Waals surface area contributed by atoms with Crippen molar-refractivity contribution < 1.29 is 0 Å². The minimum atomic E-state index is 0.520. The van der Waals surface area contributed by atoms with Crippen molar-refractivity contribution in [2.24, 2.45) is 5.73 Å². The van der Waals surface area contributed by atoms with Gasteiger partial charge in [0.25, 0.3) is 0 Å². The first-order chi connectivity index (χ1) is 6.36. The molecule has 1 aromatic heterocycles. The van der Waals surface area contributed by atoms with Crippen LogP contribution >= 0.6 is 0 Å². The van der Waals surface area contributed by atoms with Crippen molar-refractivity contribution in [3.05, 3.63) is 11.4 Å². The van der Waals surface area contributed by atoms with E-state index in [9.17, 15) is 0 Å². The van der Waals surface area contributed by atoms with Crippen molar-refractivity contribution in [1.29, 1.82) is 0 Å². The summed E-state index contributed by atoms with van der Waals surface area (Å²) in [4.78, 5) is 0. The molecule has 1 saturated carbocycles. The average molecular weight is 180 g/mol. The zero-order chi connectivity index (χ0) is 9.26. The van der Waals surface area contributed by atoms with Crippen molar-refractivity contribution >= 4 is 0 Å². The first-order valence-corrected chi connectivity index (χ1v) is 4.99. The largest absolute Gasteiger partial charge is 0.325 e. The summed E-state index contributed by atoms with van der Waals surface area (Å²) in [6.45, 7) is 3.52. The van der Waals surface area contributed by atoms with Crippen LogP contribution in [0.1, 0.15) is 43.5 Å². The molecule has 0 aliphatic heterocycles. The van der Waals surface area contributed by atoms with E-state index in [-0.39, 0.29) is 0 Å². The van der Waals surface area contributed by atoms with Gasteiger partial charge in [-0.05, 0) is 19.8 Å². The molecule has 0 unspecified atom stereocenters. The standard InChI is InChI=1S/C9H16N4/c1-2-13-9(7-4-3-5-7)8(6-10)11-12-13/h7H,2-6,10H2,1H3. The van der Waals surface area contributed by atoms with Crippen LogP contribution in [0.4, 0.5) is 0 Å². The van der Waals surface area contributed by atoms with Crippen LogP contribution in [0, 0.1) is 0 Å². The summed E-state index contributed by atoms with van der Waals surface area (Å²) in [5, 5.41) is 8.19. The molecule has 0 aromatic carbocycles. The van der Waals surface area contributed by atoms with Gasteiger partial charge in [0.05, 0.1) is 11.4 Å². The Kier molecular flexibility index (Phi) is 2.31. The molecule has 1 aliphatic rings. The SMILES string of the molecule is CCn1nnc(CN)c1C1CCC1. The number of nitrogens with zero attached hydrogens (tertiary/aromatic N) is 3. The lowest BCUT2D eigenvalue weighted by Crippen LogP contribution is -2.17. The second kappa shape index (κ2) is 3.46. The number of aryl methyl sites for hydroxylation is 1. The van der Waals surface area contributed by atoms with Gasteiger partial charge in [-0.3, -0.25) is 0 Å². The van der Waals surface area contributed by atoms with Gasteiger partial charge in [0.1, 0.15) is 0 Å². The molecule has 0 radical (unpaired) electrons. The van der Waals surface area contributed by atoms with Crippen molar-refractivity contribution in [1.82, 2.24) is 15.0 Å². The fourth-order valence-electron chi connectivity index (χ4n) is 1.86. The molecule has 13 heavy (non-hydrogen) atoms. The first-order valence-electron chi connectivity index (χ1n) is 4.99. The van der Waals surface area contributed by atoms with Gasteiger partial charge in [0.2, 0.25) is 0 Å². The van der Waals surface area contributed by atoms with Crippen LogP contribution in [0.15, 0.2) is 0 Å². The molecule has 1 fully saturated rings. The molecule has 72 valence electrons. The van der Waals surface area contributed by atoms with Crippen molar-refractivity contribution in [2.75, 3.05) is 0 Å². The summed E-state index contributed by atoms with van der Waals surface area (Å²) >= 11 is 0. The van der Waals surface area contributed by atoms with Gasteiger partial charge in [0.15, 0.2) is 0 Å². The predicted molar refractivity (Wildman–Crippen MR) is 50.2 cm³/mol. The fraction of sp³-hybridized carbons (Fsp3) is 0.778. The third-order valence-corrected chi connectivity index (χ3v) is 2.83. The Morgan fingerprint density at radius 2 is 2.31 bits per heavy atom. The van der Waals surface area contributed by atoms with E-state index >= 15 is 0 Å². The Hall–Kier alpha value is -0.900. The van der Waals surface area contributed by atoms with Crippen molar-refractivity contribution in [3.8, 4) is 0 Å². The number of aromatic nitrogens is 3. The molecule has 1 heterocycles. The van der Waals surface area contributed by atoms with E-state index in [1.807, 2.05) is 4.68 Å². The molecular formula is C9H16N4. The number of rotatable bonds is 3. The smallest absolute Gasteiger partial charge is 0.0997 e. The Balaban J connectivity index is 2.31. The van der Waals surface area contributed by atoms with Crippen LogP contribution in [0.25, 0.3) is 0 Å². The number of hydrogen-bond acceptors (Lipinski definition) is 3. The molecule has 4 heteroatoms. The highest BCUT2D eigenvalue weighted by atomic mass is 15.4. The Labute approximate surface area is 78.1 Å². The van der Waals surface area contributed by atoms with E-state index < -0.39 is 0 Å². The maximum absolute atomic E-state index is 5.62. The Bertz CT molecular complexity index is 266. The van der Waals surface area contributed by atoms with E-state index in [1.165, 1.54) is 25.0 Å². The summed E-state index contributed by atoms with van der Waals surface area (Å²) in [5.74, 6) is 0.675. The minimum absolute atomic E-state index is 0.520. The predicted octanol–water partition coefficient (Wildman–Crippen LogP) is 1.02. The zero-order valence-corrected chi connectivity index (χ0v) is 8.03. The number of hydrogen-bond donors (Lipinski definition) is 1. The van der Waals surface area contributed by atoms with E-state index in [0.717, 1.165) is 12.2 Å². The van der Waals surface area contributed by atoms with Crippen LogP contribution < -0.4 is 5.73 Å². The van der Waals surface area contributed by atoms with E-state index in [2.05, 4.69) is 17.2 Å². The highest BCUT2D eigenvalue weighted by Gasteiger charge is 2.26. The third-order valence-electron chi connectivity index (χ3n) is 2.83.